The Morgan fingerprint density at radius 2 is 1.88 bits per heavy atom. The van der Waals surface area contributed by atoms with Gasteiger partial charge in [-0.3, -0.25) is 9.78 Å². The number of nitrogens with one attached hydrogen (secondary N) is 1. The number of carbonyl (C=O) groups excluding carboxylic acids is 1. The summed E-state index contributed by atoms with van der Waals surface area (Å²) in [6, 6.07) is 3.06. The Morgan fingerprint density at radius 3 is 2.48 bits per heavy atom. The summed E-state index contributed by atoms with van der Waals surface area (Å²) in [5.41, 5.74) is -2.65. The molecule has 6 nitrogen and oxygen atoms in total. The quantitative estimate of drug-likeness (QED) is 0.577. The van der Waals surface area contributed by atoms with Gasteiger partial charge in [0, 0.05) is 23.7 Å². The van der Waals surface area contributed by atoms with E-state index in [0.29, 0.717) is 32.6 Å². The molecule has 1 heterocycles. The van der Waals surface area contributed by atoms with E-state index in [1.54, 1.807) is 0 Å². The van der Waals surface area contributed by atoms with Gasteiger partial charge >= 0.3 is 12.8 Å². The molecule has 1 saturated carbocycles. The van der Waals surface area contributed by atoms with Crippen LogP contribution < -0.4 is 10.1 Å². The van der Waals surface area contributed by atoms with Crippen LogP contribution >= 0.6 is 0 Å². The van der Waals surface area contributed by atoms with Gasteiger partial charge in [0.05, 0.1) is 23.8 Å². The second kappa shape index (κ2) is 9.72. The predicted octanol–water partition coefficient (Wildman–Crippen LogP) is 4.35. The number of benzene rings is 1. The normalized spacial score (nSPS) is 21.1. The van der Waals surface area contributed by atoms with Crippen molar-refractivity contribution >= 4 is 16.8 Å². The Bertz CT molecular complexity index is 991. The molecular weight excluding hydrogens is 458 g/mol. The summed E-state index contributed by atoms with van der Waals surface area (Å²) >= 11 is 0. The van der Waals surface area contributed by atoms with Gasteiger partial charge in [0.1, 0.15) is 0 Å². The van der Waals surface area contributed by atoms with Crippen LogP contribution in [0, 0.1) is 5.82 Å². The first-order valence-corrected chi connectivity index (χ1v) is 10.1. The number of carbonyl (C=O) groups is 1. The maximum absolute atomic E-state index is 13.9. The van der Waals surface area contributed by atoms with E-state index >= 15 is 0 Å². The molecule has 1 unspecified atom stereocenters. The van der Waals surface area contributed by atoms with Crippen molar-refractivity contribution in [1.29, 1.82) is 0 Å². The molecule has 1 aromatic heterocycles. The van der Waals surface area contributed by atoms with Crippen LogP contribution in [0.25, 0.3) is 10.9 Å². The summed E-state index contributed by atoms with van der Waals surface area (Å²) < 4.78 is 86.0. The van der Waals surface area contributed by atoms with Crippen molar-refractivity contribution in [2.75, 3.05) is 6.61 Å². The van der Waals surface area contributed by atoms with Crippen LogP contribution in [0.4, 0.5) is 26.3 Å². The molecule has 1 aromatic carbocycles. The van der Waals surface area contributed by atoms with Gasteiger partial charge in [0.15, 0.2) is 17.2 Å². The smallest absolute Gasteiger partial charge is 0.419 e. The maximum atomic E-state index is 13.9. The average molecular weight is 480 g/mol. The Kier molecular flexibility index (Phi) is 7.37. The number of fused-ring (bicyclic) bond motifs is 1. The van der Waals surface area contributed by atoms with Crippen molar-refractivity contribution in [3.8, 4) is 5.75 Å². The minimum atomic E-state index is -4.80. The molecule has 0 spiro atoms. The Balaban J connectivity index is 1.55. The number of hydrogen-bond acceptors (Lipinski definition) is 5. The SMILES string of the molecule is CC(O)(CO[C@H]1CC[C@H](NC(=O)c2cnc3cc(OC(F)F)c(F)cc3c2)CC1)C(F)(F)F. The van der Waals surface area contributed by atoms with Gasteiger partial charge in [0.2, 0.25) is 0 Å². The molecule has 12 heteroatoms. The third kappa shape index (κ3) is 6.26. The van der Waals surface area contributed by atoms with Crippen molar-refractivity contribution in [3.63, 3.8) is 0 Å². The number of aliphatic hydroxyl groups is 1. The summed E-state index contributed by atoms with van der Waals surface area (Å²) in [7, 11) is 0. The maximum Gasteiger partial charge on any atom is 0.419 e. The lowest BCUT2D eigenvalue weighted by Gasteiger charge is -2.32. The highest BCUT2D eigenvalue weighted by molar-refractivity contribution is 5.97. The molecule has 182 valence electrons. The molecule has 1 aliphatic rings. The molecule has 2 aromatic rings. The molecule has 1 fully saturated rings. The lowest BCUT2D eigenvalue weighted by molar-refractivity contribution is -0.271. The van der Waals surface area contributed by atoms with E-state index in [2.05, 4.69) is 15.0 Å². The molecule has 0 radical (unpaired) electrons. The fourth-order valence-electron chi connectivity index (χ4n) is 3.44. The number of ether oxygens (including phenoxy) is 2. The molecule has 33 heavy (non-hydrogen) atoms. The highest BCUT2D eigenvalue weighted by Crippen LogP contribution is 2.32. The second-order valence-electron chi connectivity index (χ2n) is 8.11. The third-order valence-corrected chi connectivity index (χ3v) is 5.43. The first-order valence-electron chi connectivity index (χ1n) is 10.1. The van der Waals surface area contributed by atoms with Gasteiger partial charge in [-0.05, 0) is 44.7 Å². The Labute approximate surface area is 184 Å². The number of pyridine rings is 1. The largest absolute Gasteiger partial charge is 0.432 e. The van der Waals surface area contributed by atoms with Crippen molar-refractivity contribution in [3.05, 3.63) is 35.8 Å². The zero-order valence-electron chi connectivity index (χ0n) is 17.5. The number of alkyl halides is 5. The predicted molar refractivity (Wildman–Crippen MR) is 104 cm³/mol. The number of rotatable bonds is 7. The van der Waals surface area contributed by atoms with E-state index in [9.17, 15) is 36.2 Å². The van der Waals surface area contributed by atoms with Crippen molar-refractivity contribution in [2.45, 2.75) is 63.1 Å². The van der Waals surface area contributed by atoms with E-state index in [1.807, 2.05) is 0 Å². The van der Waals surface area contributed by atoms with E-state index in [4.69, 9.17) is 4.74 Å². The van der Waals surface area contributed by atoms with Crippen molar-refractivity contribution < 1.29 is 45.7 Å². The zero-order valence-corrected chi connectivity index (χ0v) is 17.5. The summed E-state index contributed by atoms with van der Waals surface area (Å²) in [6.07, 6.45) is -2.35. The monoisotopic (exact) mass is 480 g/mol. The molecule has 0 bridgehead atoms. The van der Waals surface area contributed by atoms with Gasteiger partial charge in [-0.15, -0.1) is 0 Å². The van der Waals surface area contributed by atoms with Crippen LogP contribution in [0.3, 0.4) is 0 Å². The van der Waals surface area contributed by atoms with Gasteiger partial charge in [0.25, 0.3) is 5.91 Å². The second-order valence-corrected chi connectivity index (χ2v) is 8.11. The summed E-state index contributed by atoms with van der Waals surface area (Å²) in [6.45, 7) is -3.42. The van der Waals surface area contributed by atoms with E-state index < -0.39 is 48.6 Å². The van der Waals surface area contributed by atoms with Crippen LogP contribution in [0.5, 0.6) is 5.75 Å². The number of amides is 1. The minimum Gasteiger partial charge on any atom is -0.432 e. The van der Waals surface area contributed by atoms with Crippen LogP contribution in [0.2, 0.25) is 0 Å². The summed E-state index contributed by atoms with van der Waals surface area (Å²) in [4.78, 5) is 16.5. The van der Waals surface area contributed by atoms with E-state index in [0.717, 1.165) is 12.1 Å². The molecule has 1 amide bonds. The van der Waals surface area contributed by atoms with Crippen LogP contribution in [0.1, 0.15) is 43.0 Å². The summed E-state index contributed by atoms with van der Waals surface area (Å²) in [5, 5.41) is 12.5. The van der Waals surface area contributed by atoms with E-state index in [1.165, 1.54) is 12.3 Å². The number of nitrogens with zero attached hydrogens (tertiary/aromatic N) is 1. The fraction of sp³-hybridized carbons (Fsp3) is 0.524. The van der Waals surface area contributed by atoms with Crippen LogP contribution in [-0.4, -0.2) is 53.1 Å². The molecule has 1 aliphatic carbocycles. The van der Waals surface area contributed by atoms with Gasteiger partial charge in [-0.1, -0.05) is 0 Å². The standard InChI is InChI=1S/C21H22F6N2O4/c1-20(31,21(25,26)27)10-32-14-4-2-13(3-5-14)29-18(30)12-6-11-7-15(22)17(33-19(23)24)8-16(11)28-9-12/h6-9,13-14,19,31H,2-5,10H2,1H3,(H,29,30)/t13-,14-,20?. The first kappa shape index (κ1) is 25.0. The van der Waals surface area contributed by atoms with Gasteiger partial charge in [-0.25, -0.2) is 4.39 Å². The first-order chi connectivity index (χ1) is 15.4. The van der Waals surface area contributed by atoms with Crippen LogP contribution in [-0.2, 0) is 4.74 Å². The molecule has 0 aliphatic heterocycles. The lowest BCUT2D eigenvalue weighted by atomic mass is 9.92. The van der Waals surface area contributed by atoms with Gasteiger partial charge in [-0.2, -0.15) is 22.0 Å². The Hall–Kier alpha value is -2.60. The third-order valence-electron chi connectivity index (χ3n) is 5.43. The molecule has 2 N–H and O–H groups in total. The number of hydrogen-bond donors (Lipinski definition) is 2. The lowest BCUT2D eigenvalue weighted by Crippen LogP contribution is -2.47. The number of aromatic nitrogens is 1. The number of halogens is 6. The molecular formula is C21H22F6N2O4. The van der Waals surface area contributed by atoms with Crippen molar-refractivity contribution in [2.24, 2.45) is 0 Å². The van der Waals surface area contributed by atoms with Crippen LogP contribution in [0.15, 0.2) is 24.4 Å². The highest BCUT2D eigenvalue weighted by atomic mass is 19.4. The fourth-order valence-corrected chi connectivity index (χ4v) is 3.44. The minimum absolute atomic E-state index is 0.129. The highest BCUT2D eigenvalue weighted by Gasteiger charge is 2.50. The Morgan fingerprint density at radius 1 is 1.21 bits per heavy atom. The average Bonchev–Trinajstić information content (AvgIpc) is 2.72. The molecule has 3 rings (SSSR count). The zero-order chi connectivity index (χ0) is 24.4. The topological polar surface area (TPSA) is 80.7 Å². The molecule has 0 saturated heterocycles. The molecule has 1 atom stereocenters. The van der Waals surface area contributed by atoms with Gasteiger partial charge < -0.3 is 19.9 Å². The van der Waals surface area contributed by atoms with E-state index in [-0.39, 0.29) is 22.5 Å². The van der Waals surface area contributed by atoms with Crippen molar-refractivity contribution in [1.82, 2.24) is 10.3 Å². The summed E-state index contributed by atoms with van der Waals surface area (Å²) in [5.74, 6) is -2.16.